The molecule has 0 spiro atoms. The van der Waals surface area contributed by atoms with Crippen molar-refractivity contribution in [3.63, 3.8) is 0 Å². The summed E-state index contributed by atoms with van der Waals surface area (Å²) in [5.41, 5.74) is -0.974. The molecule has 8 nitrogen and oxygen atoms in total. The average Bonchev–Trinajstić information content (AvgIpc) is 2.80. The second-order valence-electron chi connectivity index (χ2n) is 3.70. The SMILES string of the molecule is O=C(O)c1cn(Cc2ccc([N+](=O)[O-])o2)ccc1=O. The molecular weight excluding hydrogens is 256 g/mol. The fraction of sp³-hybridized carbons (Fsp3) is 0.0909. The zero-order valence-corrected chi connectivity index (χ0v) is 9.48. The third-order valence-electron chi connectivity index (χ3n) is 2.37. The summed E-state index contributed by atoms with van der Waals surface area (Å²) in [4.78, 5) is 31.8. The summed E-state index contributed by atoms with van der Waals surface area (Å²) in [6.45, 7) is 0.0917. The van der Waals surface area contributed by atoms with E-state index < -0.39 is 22.2 Å². The van der Waals surface area contributed by atoms with Crippen molar-refractivity contribution in [1.29, 1.82) is 0 Å². The summed E-state index contributed by atoms with van der Waals surface area (Å²) in [6, 6.07) is 3.73. The third kappa shape index (κ3) is 2.68. The summed E-state index contributed by atoms with van der Waals surface area (Å²) in [7, 11) is 0. The molecule has 0 amide bonds. The van der Waals surface area contributed by atoms with Crippen molar-refractivity contribution in [2.75, 3.05) is 0 Å². The molecule has 0 unspecified atom stereocenters. The van der Waals surface area contributed by atoms with Gasteiger partial charge in [0.2, 0.25) is 0 Å². The van der Waals surface area contributed by atoms with Gasteiger partial charge in [-0.2, -0.15) is 0 Å². The van der Waals surface area contributed by atoms with Gasteiger partial charge in [-0.25, -0.2) is 4.79 Å². The summed E-state index contributed by atoms with van der Waals surface area (Å²) in [6.07, 6.45) is 2.53. The van der Waals surface area contributed by atoms with Gasteiger partial charge < -0.3 is 14.1 Å². The molecule has 0 radical (unpaired) electrons. The highest BCUT2D eigenvalue weighted by Crippen LogP contribution is 2.16. The standard InChI is InChI=1S/C11H8N2O6/c14-9-3-4-12(6-8(9)11(15)16)5-7-1-2-10(19-7)13(17)18/h1-4,6H,5H2,(H,15,16). The lowest BCUT2D eigenvalue weighted by molar-refractivity contribution is -0.402. The number of nitrogens with zero attached hydrogens (tertiary/aromatic N) is 2. The maximum atomic E-state index is 11.3. The van der Waals surface area contributed by atoms with Crippen LogP contribution >= 0.6 is 0 Å². The number of aromatic carboxylic acids is 1. The number of hydrogen-bond donors (Lipinski definition) is 1. The number of pyridine rings is 1. The van der Waals surface area contributed by atoms with Crippen LogP contribution in [0.15, 0.2) is 39.8 Å². The highest BCUT2D eigenvalue weighted by Gasteiger charge is 2.13. The highest BCUT2D eigenvalue weighted by atomic mass is 16.6. The molecule has 1 N–H and O–H groups in total. The lowest BCUT2D eigenvalue weighted by Crippen LogP contribution is -2.16. The van der Waals surface area contributed by atoms with Gasteiger partial charge in [0, 0.05) is 18.5 Å². The van der Waals surface area contributed by atoms with Crippen molar-refractivity contribution in [3.05, 3.63) is 62.3 Å². The Balaban J connectivity index is 2.28. The van der Waals surface area contributed by atoms with Crippen molar-refractivity contribution in [2.24, 2.45) is 0 Å². The molecule has 2 rings (SSSR count). The predicted molar refractivity (Wildman–Crippen MR) is 62.1 cm³/mol. The maximum absolute atomic E-state index is 11.3. The normalized spacial score (nSPS) is 10.3. The Labute approximate surface area is 105 Å². The second kappa shape index (κ2) is 4.77. The molecule has 0 bridgehead atoms. The van der Waals surface area contributed by atoms with Gasteiger partial charge in [-0.3, -0.25) is 14.9 Å². The number of carboxylic acid groups (broad SMARTS) is 1. The number of hydrogen-bond acceptors (Lipinski definition) is 5. The minimum atomic E-state index is -1.33. The lowest BCUT2D eigenvalue weighted by Gasteiger charge is -2.04. The van der Waals surface area contributed by atoms with Crippen LogP contribution in [-0.4, -0.2) is 20.6 Å². The van der Waals surface area contributed by atoms with Crippen LogP contribution in [0.4, 0.5) is 5.88 Å². The molecule has 8 heteroatoms. The Morgan fingerprint density at radius 1 is 1.42 bits per heavy atom. The molecule has 0 aliphatic carbocycles. The van der Waals surface area contributed by atoms with Gasteiger partial charge in [0.1, 0.15) is 16.2 Å². The largest absolute Gasteiger partial charge is 0.477 e. The Bertz CT molecular complexity index is 699. The summed E-state index contributed by atoms with van der Waals surface area (Å²) in [5.74, 6) is -1.44. The van der Waals surface area contributed by atoms with Crippen LogP contribution in [0, 0.1) is 10.1 Å². The van der Waals surface area contributed by atoms with E-state index in [4.69, 9.17) is 9.52 Å². The van der Waals surface area contributed by atoms with E-state index in [1.807, 2.05) is 0 Å². The van der Waals surface area contributed by atoms with Crippen molar-refractivity contribution in [2.45, 2.75) is 6.54 Å². The molecule has 0 saturated carbocycles. The van der Waals surface area contributed by atoms with Crippen LogP contribution in [0.5, 0.6) is 0 Å². The van der Waals surface area contributed by atoms with E-state index >= 15 is 0 Å². The lowest BCUT2D eigenvalue weighted by atomic mass is 10.2. The first kappa shape index (κ1) is 12.6. The van der Waals surface area contributed by atoms with Crippen LogP contribution in [0.2, 0.25) is 0 Å². The van der Waals surface area contributed by atoms with E-state index in [9.17, 15) is 19.7 Å². The summed E-state index contributed by atoms with van der Waals surface area (Å²) in [5, 5.41) is 19.2. The van der Waals surface area contributed by atoms with Gasteiger partial charge in [-0.15, -0.1) is 0 Å². The Morgan fingerprint density at radius 2 is 2.16 bits per heavy atom. The summed E-state index contributed by atoms with van der Waals surface area (Å²) < 4.78 is 6.33. The molecule has 2 aromatic heterocycles. The van der Waals surface area contributed by atoms with Crippen LogP contribution in [0.25, 0.3) is 0 Å². The van der Waals surface area contributed by atoms with Crippen LogP contribution in [0.1, 0.15) is 16.1 Å². The molecule has 19 heavy (non-hydrogen) atoms. The van der Waals surface area contributed by atoms with Crippen molar-refractivity contribution < 1.29 is 19.2 Å². The first-order valence-electron chi connectivity index (χ1n) is 5.14. The van der Waals surface area contributed by atoms with Gasteiger partial charge in [0.15, 0.2) is 5.43 Å². The van der Waals surface area contributed by atoms with Crippen LogP contribution < -0.4 is 5.43 Å². The maximum Gasteiger partial charge on any atom is 0.433 e. The molecule has 0 fully saturated rings. The van der Waals surface area contributed by atoms with E-state index in [0.717, 1.165) is 12.3 Å². The molecule has 0 aromatic carbocycles. The van der Waals surface area contributed by atoms with Crippen molar-refractivity contribution in [1.82, 2.24) is 4.57 Å². The number of rotatable bonds is 4. The number of furan rings is 1. The number of aromatic nitrogens is 1. The zero-order valence-electron chi connectivity index (χ0n) is 9.48. The Kier molecular flexibility index (Phi) is 3.15. The van der Waals surface area contributed by atoms with Gasteiger partial charge in [0.25, 0.3) is 0 Å². The minimum absolute atomic E-state index is 0.0917. The molecular formula is C11H8N2O6. The first-order valence-corrected chi connectivity index (χ1v) is 5.14. The second-order valence-corrected chi connectivity index (χ2v) is 3.70. The van der Waals surface area contributed by atoms with E-state index in [0.29, 0.717) is 0 Å². The molecule has 0 atom stereocenters. The van der Waals surface area contributed by atoms with E-state index in [2.05, 4.69) is 0 Å². The molecule has 0 saturated heterocycles. The fourth-order valence-corrected chi connectivity index (χ4v) is 1.51. The zero-order chi connectivity index (χ0) is 14.0. The van der Waals surface area contributed by atoms with E-state index in [-0.39, 0.29) is 17.9 Å². The van der Waals surface area contributed by atoms with Crippen molar-refractivity contribution >= 4 is 11.9 Å². The van der Waals surface area contributed by atoms with Gasteiger partial charge >= 0.3 is 11.9 Å². The van der Waals surface area contributed by atoms with E-state index in [1.165, 1.54) is 22.9 Å². The third-order valence-corrected chi connectivity index (χ3v) is 2.37. The highest BCUT2D eigenvalue weighted by molar-refractivity contribution is 5.86. The molecule has 98 valence electrons. The quantitative estimate of drug-likeness (QED) is 0.652. The molecule has 2 aromatic rings. The number of nitro groups is 1. The van der Waals surface area contributed by atoms with Crippen molar-refractivity contribution in [3.8, 4) is 0 Å². The predicted octanol–water partition coefficient (Wildman–Crippen LogP) is 1.10. The smallest absolute Gasteiger partial charge is 0.433 e. The van der Waals surface area contributed by atoms with Gasteiger partial charge in [0.05, 0.1) is 12.6 Å². The topological polar surface area (TPSA) is 116 Å². The Hall–Kier alpha value is -2.90. The van der Waals surface area contributed by atoms with Gasteiger partial charge in [-0.05, 0) is 6.07 Å². The summed E-state index contributed by atoms with van der Waals surface area (Å²) >= 11 is 0. The number of carboxylic acids is 1. The van der Waals surface area contributed by atoms with Crippen LogP contribution in [0.3, 0.4) is 0 Å². The minimum Gasteiger partial charge on any atom is -0.477 e. The van der Waals surface area contributed by atoms with Gasteiger partial charge in [-0.1, -0.05) is 0 Å². The average molecular weight is 264 g/mol. The molecule has 0 aliphatic rings. The van der Waals surface area contributed by atoms with Crippen LogP contribution in [-0.2, 0) is 6.54 Å². The van der Waals surface area contributed by atoms with E-state index in [1.54, 1.807) is 0 Å². The Morgan fingerprint density at radius 3 is 2.74 bits per heavy atom. The fourth-order valence-electron chi connectivity index (χ4n) is 1.51. The molecule has 2 heterocycles. The number of carbonyl (C=O) groups is 1. The molecule has 0 aliphatic heterocycles. The first-order chi connectivity index (χ1) is 8.97. The monoisotopic (exact) mass is 264 g/mol.